The maximum absolute atomic E-state index is 12.7. The first kappa shape index (κ1) is 17.6. The fourth-order valence-corrected chi connectivity index (χ4v) is 3.45. The van der Waals surface area contributed by atoms with Crippen molar-refractivity contribution in [2.45, 2.75) is 45.3 Å². The molecule has 2 aromatic heterocycles. The second-order valence-corrected chi connectivity index (χ2v) is 6.98. The van der Waals surface area contributed by atoms with Crippen molar-refractivity contribution in [3.63, 3.8) is 0 Å². The summed E-state index contributed by atoms with van der Waals surface area (Å²) in [5, 5.41) is 4.26. The molecule has 25 heavy (non-hydrogen) atoms. The van der Waals surface area contributed by atoms with Gasteiger partial charge in [-0.2, -0.15) is 5.10 Å². The SMILES string of the molecule is Cc1ccnn1CCC(=O)N1CCCC1c1cccc(CN(C)C)n1. The minimum Gasteiger partial charge on any atom is -0.334 e. The number of nitrogens with zero attached hydrogens (tertiary/aromatic N) is 5. The number of rotatable bonds is 6. The Hall–Kier alpha value is -2.21. The van der Waals surface area contributed by atoms with Crippen LogP contribution in [0.2, 0.25) is 0 Å². The molecule has 0 aromatic carbocycles. The zero-order chi connectivity index (χ0) is 17.8. The molecule has 0 radical (unpaired) electrons. The van der Waals surface area contributed by atoms with Gasteiger partial charge in [-0.15, -0.1) is 0 Å². The number of hydrogen-bond acceptors (Lipinski definition) is 4. The van der Waals surface area contributed by atoms with Gasteiger partial charge in [-0.05, 0) is 52.1 Å². The van der Waals surface area contributed by atoms with Crippen molar-refractivity contribution in [2.24, 2.45) is 0 Å². The molecular weight excluding hydrogens is 314 g/mol. The molecule has 1 atom stereocenters. The van der Waals surface area contributed by atoms with Gasteiger partial charge in [0.1, 0.15) is 0 Å². The first-order valence-corrected chi connectivity index (χ1v) is 8.93. The molecule has 1 saturated heterocycles. The van der Waals surface area contributed by atoms with Crippen molar-refractivity contribution >= 4 is 5.91 Å². The third kappa shape index (κ3) is 4.25. The zero-order valence-electron chi connectivity index (χ0n) is 15.4. The van der Waals surface area contributed by atoms with Crippen molar-refractivity contribution in [3.8, 4) is 0 Å². The van der Waals surface area contributed by atoms with Crippen LogP contribution in [0.4, 0.5) is 0 Å². The highest BCUT2D eigenvalue weighted by Crippen LogP contribution is 2.31. The molecule has 6 nitrogen and oxygen atoms in total. The molecule has 0 aliphatic carbocycles. The highest BCUT2D eigenvalue weighted by Gasteiger charge is 2.30. The second kappa shape index (κ2) is 7.78. The Morgan fingerprint density at radius 3 is 2.88 bits per heavy atom. The van der Waals surface area contributed by atoms with Gasteiger partial charge in [-0.3, -0.25) is 14.5 Å². The molecule has 134 valence electrons. The number of likely N-dealkylation sites (tertiary alicyclic amines) is 1. The van der Waals surface area contributed by atoms with E-state index in [4.69, 9.17) is 4.98 Å². The standard InChI is InChI=1S/C19H27N5O/c1-15-9-11-20-24(15)13-10-19(25)23-12-5-8-18(23)17-7-4-6-16(21-17)14-22(2)3/h4,6-7,9,11,18H,5,8,10,12-14H2,1-3H3. The quantitative estimate of drug-likeness (QED) is 0.810. The highest BCUT2D eigenvalue weighted by molar-refractivity contribution is 5.76. The Kier molecular flexibility index (Phi) is 5.48. The van der Waals surface area contributed by atoms with Crippen LogP contribution in [0.3, 0.4) is 0 Å². The maximum atomic E-state index is 12.7. The number of amides is 1. The van der Waals surface area contributed by atoms with Crippen molar-refractivity contribution in [3.05, 3.63) is 47.5 Å². The average molecular weight is 341 g/mol. The van der Waals surface area contributed by atoms with E-state index < -0.39 is 0 Å². The smallest absolute Gasteiger partial charge is 0.224 e. The van der Waals surface area contributed by atoms with Gasteiger partial charge in [0.25, 0.3) is 0 Å². The van der Waals surface area contributed by atoms with Crippen LogP contribution in [0.5, 0.6) is 0 Å². The van der Waals surface area contributed by atoms with Gasteiger partial charge in [0.15, 0.2) is 0 Å². The Bertz CT molecular complexity index is 724. The highest BCUT2D eigenvalue weighted by atomic mass is 16.2. The molecule has 0 spiro atoms. The molecule has 1 aliphatic heterocycles. The summed E-state index contributed by atoms with van der Waals surface area (Å²) >= 11 is 0. The molecule has 3 rings (SSSR count). The average Bonchev–Trinajstić information content (AvgIpc) is 3.21. The van der Waals surface area contributed by atoms with E-state index in [-0.39, 0.29) is 11.9 Å². The van der Waals surface area contributed by atoms with Crippen LogP contribution in [-0.2, 0) is 17.9 Å². The van der Waals surface area contributed by atoms with E-state index in [1.807, 2.05) is 48.8 Å². The van der Waals surface area contributed by atoms with E-state index in [0.29, 0.717) is 13.0 Å². The van der Waals surface area contributed by atoms with E-state index in [1.54, 1.807) is 6.20 Å². The summed E-state index contributed by atoms with van der Waals surface area (Å²) < 4.78 is 1.89. The van der Waals surface area contributed by atoms with Gasteiger partial charge < -0.3 is 9.80 Å². The number of aryl methyl sites for hydroxylation is 2. The molecule has 0 bridgehead atoms. The van der Waals surface area contributed by atoms with Crippen LogP contribution in [0.1, 0.15) is 42.4 Å². The summed E-state index contributed by atoms with van der Waals surface area (Å²) in [6.07, 6.45) is 4.29. The topological polar surface area (TPSA) is 54.3 Å². The molecule has 2 aromatic rings. The first-order chi connectivity index (χ1) is 12.0. The predicted molar refractivity (Wildman–Crippen MR) is 96.9 cm³/mol. The number of carbonyl (C=O) groups is 1. The van der Waals surface area contributed by atoms with Crippen LogP contribution >= 0.6 is 0 Å². The summed E-state index contributed by atoms with van der Waals surface area (Å²) in [4.78, 5) is 21.7. The van der Waals surface area contributed by atoms with Gasteiger partial charge in [0, 0.05) is 37.9 Å². The lowest BCUT2D eigenvalue weighted by Crippen LogP contribution is -2.32. The molecule has 1 aliphatic rings. The van der Waals surface area contributed by atoms with Gasteiger partial charge in [0.05, 0.1) is 17.4 Å². The monoisotopic (exact) mass is 341 g/mol. The summed E-state index contributed by atoms with van der Waals surface area (Å²) in [5.41, 5.74) is 3.15. The first-order valence-electron chi connectivity index (χ1n) is 8.93. The third-order valence-electron chi connectivity index (χ3n) is 4.69. The molecule has 3 heterocycles. The fraction of sp³-hybridized carbons (Fsp3) is 0.526. The predicted octanol–water partition coefficient (Wildman–Crippen LogP) is 2.40. The molecule has 1 fully saturated rings. The number of carbonyl (C=O) groups excluding carboxylic acids is 1. The Labute approximate surface area is 149 Å². The summed E-state index contributed by atoms with van der Waals surface area (Å²) in [6.45, 7) is 4.28. The Morgan fingerprint density at radius 2 is 2.16 bits per heavy atom. The summed E-state index contributed by atoms with van der Waals surface area (Å²) in [7, 11) is 4.08. The Morgan fingerprint density at radius 1 is 1.32 bits per heavy atom. The largest absolute Gasteiger partial charge is 0.334 e. The molecule has 1 unspecified atom stereocenters. The normalized spacial score (nSPS) is 17.4. The molecule has 6 heteroatoms. The number of pyridine rings is 1. The van der Waals surface area contributed by atoms with Gasteiger partial charge >= 0.3 is 0 Å². The molecule has 0 N–H and O–H groups in total. The van der Waals surface area contributed by atoms with E-state index >= 15 is 0 Å². The van der Waals surface area contributed by atoms with Gasteiger partial charge in [0.2, 0.25) is 5.91 Å². The summed E-state index contributed by atoms with van der Waals surface area (Å²) in [6, 6.07) is 8.21. The van der Waals surface area contributed by atoms with E-state index in [9.17, 15) is 4.79 Å². The second-order valence-electron chi connectivity index (χ2n) is 6.98. The van der Waals surface area contributed by atoms with Gasteiger partial charge in [-0.1, -0.05) is 6.07 Å². The van der Waals surface area contributed by atoms with Crippen LogP contribution in [-0.4, -0.2) is 51.1 Å². The molecular formula is C19H27N5O. The lowest BCUT2D eigenvalue weighted by Gasteiger charge is -2.25. The van der Waals surface area contributed by atoms with Crippen LogP contribution in [0.15, 0.2) is 30.5 Å². The lowest BCUT2D eigenvalue weighted by atomic mass is 10.1. The van der Waals surface area contributed by atoms with Crippen molar-refractivity contribution in [1.82, 2.24) is 24.6 Å². The van der Waals surface area contributed by atoms with E-state index in [2.05, 4.69) is 16.1 Å². The molecule has 0 saturated carbocycles. The van der Waals surface area contributed by atoms with E-state index in [0.717, 1.165) is 43.0 Å². The minimum absolute atomic E-state index is 0.105. The van der Waals surface area contributed by atoms with E-state index in [1.165, 1.54) is 0 Å². The fourth-order valence-electron chi connectivity index (χ4n) is 3.45. The number of aromatic nitrogens is 3. The van der Waals surface area contributed by atoms with Crippen LogP contribution in [0.25, 0.3) is 0 Å². The van der Waals surface area contributed by atoms with Crippen LogP contribution in [0, 0.1) is 6.92 Å². The number of hydrogen-bond donors (Lipinski definition) is 0. The maximum Gasteiger partial charge on any atom is 0.224 e. The Balaban J connectivity index is 1.67. The zero-order valence-corrected chi connectivity index (χ0v) is 15.4. The molecule has 1 amide bonds. The van der Waals surface area contributed by atoms with Crippen molar-refractivity contribution < 1.29 is 4.79 Å². The van der Waals surface area contributed by atoms with Crippen LogP contribution < -0.4 is 0 Å². The minimum atomic E-state index is 0.105. The van der Waals surface area contributed by atoms with Crippen molar-refractivity contribution in [1.29, 1.82) is 0 Å². The third-order valence-corrected chi connectivity index (χ3v) is 4.69. The van der Waals surface area contributed by atoms with Crippen molar-refractivity contribution in [2.75, 3.05) is 20.6 Å². The summed E-state index contributed by atoms with van der Waals surface area (Å²) in [5.74, 6) is 0.192. The van der Waals surface area contributed by atoms with Gasteiger partial charge in [-0.25, -0.2) is 0 Å². The lowest BCUT2D eigenvalue weighted by molar-refractivity contribution is -0.132.